The highest BCUT2D eigenvalue weighted by Gasteiger charge is 2.29. The zero-order valence-corrected chi connectivity index (χ0v) is 16.1. The van der Waals surface area contributed by atoms with Crippen molar-refractivity contribution >= 4 is 0 Å². The van der Waals surface area contributed by atoms with Gasteiger partial charge in [-0.25, -0.2) is 4.39 Å². The molecule has 0 spiro atoms. The molecule has 0 atom stereocenters. The van der Waals surface area contributed by atoms with Crippen LogP contribution >= 0.6 is 0 Å². The molecule has 3 heteroatoms. The second kappa shape index (κ2) is 9.50. The predicted octanol–water partition coefficient (Wildman–Crippen LogP) is 6.03. The summed E-state index contributed by atoms with van der Waals surface area (Å²) >= 11 is 0. The first kappa shape index (κ1) is 20.1. The van der Waals surface area contributed by atoms with Crippen LogP contribution in [0.15, 0.2) is 48.5 Å². The number of halogens is 1. The molecule has 1 saturated heterocycles. The summed E-state index contributed by atoms with van der Waals surface area (Å²) in [6.45, 7) is 9.25. The van der Waals surface area contributed by atoms with E-state index in [9.17, 15) is 4.39 Å². The molecule has 0 amide bonds. The van der Waals surface area contributed by atoms with E-state index in [4.69, 9.17) is 5.26 Å². The molecule has 0 aromatic heterocycles. The maximum atomic E-state index is 13.3. The van der Waals surface area contributed by atoms with E-state index in [1.54, 1.807) is 12.1 Å². The number of hydrogen-bond donors (Lipinski definition) is 0. The molecule has 0 saturated carbocycles. The van der Waals surface area contributed by atoms with Crippen LogP contribution in [-0.2, 0) is 6.54 Å². The van der Waals surface area contributed by atoms with Crippen molar-refractivity contribution in [3.05, 3.63) is 59.9 Å². The third-order valence-electron chi connectivity index (χ3n) is 5.09. The van der Waals surface area contributed by atoms with Crippen LogP contribution < -0.4 is 0 Å². The van der Waals surface area contributed by atoms with Gasteiger partial charge in [0.1, 0.15) is 5.82 Å². The minimum absolute atomic E-state index is 0.187. The fourth-order valence-electron chi connectivity index (χ4n) is 3.35. The summed E-state index contributed by atoms with van der Waals surface area (Å²) in [5, 5.41) is 8.93. The van der Waals surface area contributed by atoms with Crippen molar-refractivity contribution < 1.29 is 4.39 Å². The molecule has 26 heavy (non-hydrogen) atoms. The van der Waals surface area contributed by atoms with Gasteiger partial charge in [-0.05, 0) is 60.2 Å². The van der Waals surface area contributed by atoms with Crippen molar-refractivity contribution in [2.75, 3.05) is 13.1 Å². The van der Waals surface area contributed by atoms with Gasteiger partial charge in [-0.3, -0.25) is 4.90 Å². The predicted molar refractivity (Wildman–Crippen MR) is 106 cm³/mol. The number of benzene rings is 2. The number of nitrogens with zero attached hydrogens (tertiary/aromatic N) is 2. The second-order valence-electron chi connectivity index (χ2n) is 7.13. The molecule has 0 aliphatic carbocycles. The van der Waals surface area contributed by atoms with E-state index in [0.717, 1.165) is 43.6 Å². The molecule has 3 rings (SSSR count). The molecule has 0 unspecified atom stereocenters. The largest absolute Gasteiger partial charge is 0.299 e. The summed E-state index contributed by atoms with van der Waals surface area (Å²) in [6.07, 6.45) is 2.83. The van der Waals surface area contributed by atoms with E-state index in [-0.39, 0.29) is 11.2 Å². The Balaban J connectivity index is 0.00000117. The van der Waals surface area contributed by atoms with E-state index in [1.807, 2.05) is 19.9 Å². The summed E-state index contributed by atoms with van der Waals surface area (Å²) in [5.74, 6) is -0.203. The number of hydrogen-bond acceptors (Lipinski definition) is 2. The maximum absolute atomic E-state index is 13.3. The Morgan fingerprint density at radius 3 is 2.27 bits per heavy atom. The monoisotopic (exact) mass is 352 g/mol. The van der Waals surface area contributed by atoms with Crippen LogP contribution in [0.25, 0.3) is 11.1 Å². The van der Waals surface area contributed by atoms with Gasteiger partial charge in [0, 0.05) is 13.0 Å². The van der Waals surface area contributed by atoms with Crippen LogP contribution in [0.5, 0.6) is 0 Å². The fraction of sp³-hybridized carbons (Fsp3) is 0.435. The van der Waals surface area contributed by atoms with Crippen LogP contribution in [0.4, 0.5) is 4.39 Å². The van der Waals surface area contributed by atoms with Crippen LogP contribution in [-0.4, -0.2) is 18.0 Å². The van der Waals surface area contributed by atoms with E-state index in [2.05, 4.69) is 42.2 Å². The van der Waals surface area contributed by atoms with E-state index >= 15 is 0 Å². The number of piperidine rings is 1. The van der Waals surface area contributed by atoms with Gasteiger partial charge in [-0.1, -0.05) is 57.2 Å². The van der Waals surface area contributed by atoms with Gasteiger partial charge in [0.05, 0.1) is 6.07 Å². The van der Waals surface area contributed by atoms with Gasteiger partial charge < -0.3 is 0 Å². The SMILES string of the molecule is CC.CC1(CC#N)CCN(Cc2ccc(-c3cccc(F)c3)cc2)CC1. The zero-order chi connectivity index (χ0) is 19.0. The molecular weight excluding hydrogens is 323 g/mol. The molecule has 1 heterocycles. The molecule has 2 aromatic rings. The normalized spacial score (nSPS) is 16.3. The first-order valence-electron chi connectivity index (χ1n) is 9.52. The lowest BCUT2D eigenvalue weighted by molar-refractivity contribution is 0.116. The van der Waals surface area contributed by atoms with Crippen molar-refractivity contribution in [3.8, 4) is 17.2 Å². The summed E-state index contributed by atoms with van der Waals surface area (Å²) in [6, 6.07) is 17.4. The summed E-state index contributed by atoms with van der Waals surface area (Å²) in [7, 11) is 0. The third-order valence-corrected chi connectivity index (χ3v) is 5.09. The van der Waals surface area contributed by atoms with E-state index in [0.29, 0.717) is 6.42 Å². The topological polar surface area (TPSA) is 27.0 Å². The minimum Gasteiger partial charge on any atom is -0.299 e. The Hall–Kier alpha value is -2.18. The average molecular weight is 352 g/mol. The fourth-order valence-corrected chi connectivity index (χ4v) is 3.35. The number of rotatable bonds is 4. The van der Waals surface area contributed by atoms with Crippen molar-refractivity contribution in [3.63, 3.8) is 0 Å². The zero-order valence-electron chi connectivity index (χ0n) is 16.1. The quantitative estimate of drug-likeness (QED) is 0.671. The molecule has 1 fully saturated rings. The van der Waals surface area contributed by atoms with Crippen LogP contribution in [0.3, 0.4) is 0 Å². The molecular formula is C23H29FN2. The van der Waals surface area contributed by atoms with Crippen LogP contribution in [0.2, 0.25) is 0 Å². The summed E-state index contributed by atoms with van der Waals surface area (Å²) in [5.41, 5.74) is 3.41. The van der Waals surface area contributed by atoms with Gasteiger partial charge in [-0.15, -0.1) is 0 Å². The van der Waals surface area contributed by atoms with Crippen LogP contribution in [0.1, 0.15) is 45.6 Å². The molecule has 0 N–H and O–H groups in total. The smallest absolute Gasteiger partial charge is 0.123 e. The Bertz CT molecular complexity index is 723. The molecule has 1 aliphatic heterocycles. The van der Waals surface area contributed by atoms with Crippen molar-refractivity contribution in [1.82, 2.24) is 4.90 Å². The lowest BCUT2D eigenvalue weighted by Gasteiger charge is -2.38. The lowest BCUT2D eigenvalue weighted by Crippen LogP contribution is -2.38. The standard InChI is InChI=1S/C21H23FN2.C2H6/c1-21(9-12-23)10-13-24(14-11-21)16-17-5-7-18(8-6-17)19-3-2-4-20(22)15-19;1-2/h2-8,15H,9-11,13-14,16H2,1H3;1-2H3. The molecule has 2 aromatic carbocycles. The minimum atomic E-state index is -0.203. The first-order chi connectivity index (χ1) is 12.6. The number of nitriles is 1. The molecule has 2 nitrogen and oxygen atoms in total. The lowest BCUT2D eigenvalue weighted by atomic mass is 9.78. The Labute approximate surface area is 157 Å². The first-order valence-corrected chi connectivity index (χ1v) is 9.52. The van der Waals surface area contributed by atoms with Crippen LogP contribution in [0, 0.1) is 22.6 Å². The Morgan fingerprint density at radius 2 is 1.69 bits per heavy atom. The van der Waals surface area contributed by atoms with Gasteiger partial charge in [0.2, 0.25) is 0 Å². The van der Waals surface area contributed by atoms with Gasteiger partial charge in [0.15, 0.2) is 0 Å². The second-order valence-corrected chi connectivity index (χ2v) is 7.13. The highest BCUT2D eigenvalue weighted by atomic mass is 19.1. The summed E-state index contributed by atoms with van der Waals surface area (Å²) < 4.78 is 13.3. The third kappa shape index (κ3) is 5.41. The Morgan fingerprint density at radius 1 is 1.04 bits per heavy atom. The van der Waals surface area contributed by atoms with E-state index < -0.39 is 0 Å². The highest BCUT2D eigenvalue weighted by Crippen LogP contribution is 2.34. The summed E-state index contributed by atoms with van der Waals surface area (Å²) in [4.78, 5) is 2.45. The highest BCUT2D eigenvalue weighted by molar-refractivity contribution is 5.63. The molecule has 138 valence electrons. The molecule has 1 aliphatic rings. The van der Waals surface area contributed by atoms with Crippen molar-refractivity contribution in [1.29, 1.82) is 5.26 Å². The van der Waals surface area contributed by atoms with E-state index in [1.165, 1.54) is 11.6 Å². The van der Waals surface area contributed by atoms with Crippen molar-refractivity contribution in [2.45, 2.75) is 46.6 Å². The Kier molecular flexibility index (Phi) is 7.36. The molecule has 0 radical (unpaired) electrons. The van der Waals surface area contributed by atoms with Gasteiger partial charge >= 0.3 is 0 Å². The van der Waals surface area contributed by atoms with Crippen molar-refractivity contribution in [2.24, 2.45) is 5.41 Å². The van der Waals surface area contributed by atoms with Gasteiger partial charge in [0.25, 0.3) is 0 Å². The maximum Gasteiger partial charge on any atom is 0.123 e. The number of likely N-dealkylation sites (tertiary alicyclic amines) is 1. The van der Waals surface area contributed by atoms with Gasteiger partial charge in [-0.2, -0.15) is 5.26 Å². The average Bonchev–Trinajstić information content (AvgIpc) is 2.66. The molecule has 0 bridgehead atoms.